The Balaban J connectivity index is 2.01. The Morgan fingerprint density at radius 2 is 1.60 bits per heavy atom. The molecule has 0 radical (unpaired) electrons. The van der Waals surface area contributed by atoms with E-state index in [1.807, 2.05) is 11.3 Å². The second-order valence-electron chi connectivity index (χ2n) is 10.4. The molecule has 3 aromatic rings. The summed E-state index contributed by atoms with van der Waals surface area (Å²) in [7, 11) is -2.15. The summed E-state index contributed by atoms with van der Waals surface area (Å²) in [6, 6.07) is 18.2. The Morgan fingerprint density at radius 3 is 2.27 bits per heavy atom. The Labute approximate surface area is 187 Å². The van der Waals surface area contributed by atoms with Crippen molar-refractivity contribution in [1.82, 2.24) is 4.98 Å². The third kappa shape index (κ3) is 3.41. The predicted octanol–water partition coefficient (Wildman–Crippen LogP) is 7.33. The van der Waals surface area contributed by atoms with Gasteiger partial charge in [-0.1, -0.05) is 68.4 Å². The molecule has 1 aromatic heterocycles. The molecule has 158 valence electrons. The Hall–Kier alpha value is -1.68. The van der Waals surface area contributed by atoms with Gasteiger partial charge in [0.15, 0.2) is 8.24 Å². The van der Waals surface area contributed by atoms with Crippen LogP contribution in [0.5, 0.6) is 0 Å². The van der Waals surface area contributed by atoms with E-state index in [0.717, 1.165) is 0 Å². The van der Waals surface area contributed by atoms with Crippen molar-refractivity contribution in [2.24, 2.45) is 0 Å². The molecule has 4 rings (SSSR count). The summed E-state index contributed by atoms with van der Waals surface area (Å²) >= 11 is 2.02. The largest absolute Gasteiger partial charge is 0.329 e. The first-order chi connectivity index (χ1) is 14.0. The summed E-state index contributed by atoms with van der Waals surface area (Å²) in [4.78, 5) is 5.81. The van der Waals surface area contributed by atoms with E-state index >= 15 is 0 Å². The average molecular weight is 434 g/mol. The van der Waals surface area contributed by atoms with Gasteiger partial charge >= 0.3 is 0 Å². The number of thiophene rings is 1. The molecule has 2 aromatic carbocycles. The number of rotatable bonds is 4. The molecular formula is C27H35NSSi. The zero-order valence-corrected chi connectivity index (χ0v) is 21.5. The quantitative estimate of drug-likeness (QED) is 0.425. The number of allylic oxidation sites excluding steroid dienone is 2. The van der Waals surface area contributed by atoms with Crippen LogP contribution in [-0.2, 0) is 0 Å². The van der Waals surface area contributed by atoms with E-state index in [4.69, 9.17) is 0 Å². The highest BCUT2D eigenvalue weighted by molar-refractivity contribution is 7.20. The SMILES string of the molecule is CC1=C(C)C([Si](C)(NC(C)(C)C)c2ccccc2C(C)C)c2sc3ccccc3c21. The van der Waals surface area contributed by atoms with Gasteiger partial charge in [0.2, 0.25) is 0 Å². The second kappa shape index (κ2) is 7.47. The van der Waals surface area contributed by atoms with E-state index in [1.54, 1.807) is 15.6 Å². The smallest absolute Gasteiger partial charge is 0.167 e. The molecule has 1 nitrogen and oxygen atoms in total. The number of hydrogen-bond donors (Lipinski definition) is 1. The maximum atomic E-state index is 4.23. The van der Waals surface area contributed by atoms with E-state index in [0.29, 0.717) is 11.5 Å². The lowest BCUT2D eigenvalue weighted by atomic mass is 10.0. The van der Waals surface area contributed by atoms with Gasteiger partial charge in [-0.3, -0.25) is 0 Å². The van der Waals surface area contributed by atoms with Crippen molar-refractivity contribution in [3.8, 4) is 0 Å². The zero-order chi connectivity index (χ0) is 21.8. The molecule has 1 aliphatic carbocycles. The number of hydrogen-bond acceptors (Lipinski definition) is 2. The van der Waals surface area contributed by atoms with E-state index in [1.165, 1.54) is 26.8 Å². The fraction of sp³-hybridized carbons (Fsp3) is 0.407. The summed E-state index contributed by atoms with van der Waals surface area (Å²) in [6.07, 6.45) is 0. The first-order valence-electron chi connectivity index (χ1n) is 11.1. The first-order valence-corrected chi connectivity index (χ1v) is 14.5. The summed E-state index contributed by atoms with van der Waals surface area (Å²) in [5.41, 5.74) is 6.58. The summed E-state index contributed by atoms with van der Waals surface area (Å²) in [5, 5.41) is 3.00. The molecule has 0 saturated heterocycles. The van der Waals surface area contributed by atoms with E-state index in [9.17, 15) is 0 Å². The van der Waals surface area contributed by atoms with E-state index < -0.39 is 8.24 Å². The molecule has 0 spiro atoms. The molecule has 0 fully saturated rings. The molecule has 0 aliphatic heterocycles. The number of nitrogens with one attached hydrogen (secondary N) is 1. The van der Waals surface area contributed by atoms with Crippen molar-refractivity contribution in [2.75, 3.05) is 0 Å². The molecule has 2 unspecified atom stereocenters. The van der Waals surface area contributed by atoms with Crippen LogP contribution in [0.4, 0.5) is 0 Å². The van der Waals surface area contributed by atoms with Gasteiger partial charge in [0, 0.05) is 26.0 Å². The Kier molecular flexibility index (Phi) is 5.37. The zero-order valence-electron chi connectivity index (χ0n) is 19.7. The van der Waals surface area contributed by atoms with Gasteiger partial charge in [-0.2, -0.15) is 0 Å². The molecule has 1 N–H and O–H groups in total. The van der Waals surface area contributed by atoms with Crippen molar-refractivity contribution in [1.29, 1.82) is 0 Å². The van der Waals surface area contributed by atoms with Crippen molar-refractivity contribution < 1.29 is 0 Å². The average Bonchev–Trinajstić information content (AvgIpc) is 3.15. The van der Waals surface area contributed by atoms with Gasteiger partial charge < -0.3 is 4.98 Å². The highest BCUT2D eigenvalue weighted by Gasteiger charge is 2.48. The van der Waals surface area contributed by atoms with Crippen molar-refractivity contribution in [2.45, 2.75) is 72.0 Å². The van der Waals surface area contributed by atoms with E-state index in [2.05, 4.69) is 109 Å². The molecule has 2 atom stereocenters. The van der Waals surface area contributed by atoms with Crippen molar-refractivity contribution >= 4 is 40.4 Å². The predicted molar refractivity (Wildman–Crippen MR) is 138 cm³/mol. The van der Waals surface area contributed by atoms with Crippen LogP contribution < -0.4 is 10.2 Å². The van der Waals surface area contributed by atoms with E-state index in [-0.39, 0.29) is 5.54 Å². The second-order valence-corrected chi connectivity index (χ2v) is 15.3. The highest BCUT2D eigenvalue weighted by atomic mass is 32.1. The lowest BCUT2D eigenvalue weighted by Crippen LogP contribution is -2.68. The van der Waals surface area contributed by atoms with Gasteiger partial charge in [-0.25, -0.2) is 0 Å². The maximum Gasteiger partial charge on any atom is 0.167 e. The highest BCUT2D eigenvalue weighted by Crippen LogP contribution is 2.52. The van der Waals surface area contributed by atoms with Gasteiger partial charge in [0.05, 0.1) is 0 Å². The lowest BCUT2D eigenvalue weighted by Gasteiger charge is -2.43. The molecule has 1 aliphatic rings. The molecular weight excluding hydrogens is 398 g/mol. The number of benzene rings is 2. The van der Waals surface area contributed by atoms with Crippen LogP contribution in [-0.4, -0.2) is 13.8 Å². The minimum absolute atomic E-state index is 0.0542. The van der Waals surface area contributed by atoms with Crippen LogP contribution in [0.15, 0.2) is 54.1 Å². The van der Waals surface area contributed by atoms with Crippen LogP contribution in [0.25, 0.3) is 15.7 Å². The molecule has 3 heteroatoms. The molecule has 0 bridgehead atoms. The van der Waals surface area contributed by atoms with Crippen LogP contribution in [0, 0.1) is 0 Å². The van der Waals surface area contributed by atoms with Crippen molar-refractivity contribution in [3.05, 3.63) is 70.1 Å². The Bertz CT molecular complexity index is 1130. The Morgan fingerprint density at radius 1 is 0.967 bits per heavy atom. The minimum Gasteiger partial charge on any atom is -0.329 e. The molecule has 0 amide bonds. The third-order valence-electron chi connectivity index (χ3n) is 6.64. The monoisotopic (exact) mass is 433 g/mol. The standard InChI is InChI=1S/C27H35NSSi/c1-17(2)20-13-10-12-16-23(20)30(8,28-27(5,6)7)26-19(4)18(3)24-21-14-9-11-15-22(21)29-25(24)26/h9-17,26,28H,1-8H3. The maximum absolute atomic E-state index is 4.23. The fourth-order valence-corrected chi connectivity index (χ4v) is 13.0. The first kappa shape index (κ1) is 21.5. The minimum atomic E-state index is -2.15. The van der Waals surface area contributed by atoms with Gasteiger partial charge in [-0.05, 0) is 68.5 Å². The molecule has 0 saturated carbocycles. The summed E-state index contributed by atoms with van der Waals surface area (Å²) in [5.74, 6) is 0.517. The van der Waals surface area contributed by atoms with Gasteiger partial charge in [0.1, 0.15) is 0 Å². The number of fused-ring (bicyclic) bond motifs is 3. The summed E-state index contributed by atoms with van der Waals surface area (Å²) in [6.45, 7) is 18.9. The van der Waals surface area contributed by atoms with Gasteiger partial charge in [0.25, 0.3) is 0 Å². The molecule has 30 heavy (non-hydrogen) atoms. The van der Waals surface area contributed by atoms with Crippen LogP contribution in [0.2, 0.25) is 6.55 Å². The lowest BCUT2D eigenvalue weighted by molar-refractivity contribution is 0.510. The topological polar surface area (TPSA) is 12.0 Å². The fourth-order valence-electron chi connectivity index (χ4n) is 5.51. The van der Waals surface area contributed by atoms with Crippen LogP contribution in [0.3, 0.4) is 0 Å². The van der Waals surface area contributed by atoms with Crippen LogP contribution >= 0.6 is 11.3 Å². The third-order valence-corrected chi connectivity index (χ3v) is 12.8. The summed E-state index contributed by atoms with van der Waals surface area (Å²) < 4.78 is 1.42. The van der Waals surface area contributed by atoms with Crippen molar-refractivity contribution in [3.63, 3.8) is 0 Å². The molecule has 1 heterocycles. The normalized spacial score (nSPS) is 18.9. The van der Waals surface area contributed by atoms with Gasteiger partial charge in [-0.15, -0.1) is 11.3 Å². The van der Waals surface area contributed by atoms with Crippen LogP contribution in [0.1, 0.15) is 75.9 Å².